The molecule has 0 aliphatic rings. The summed E-state index contributed by atoms with van der Waals surface area (Å²) in [5.41, 5.74) is 1.26. The van der Waals surface area contributed by atoms with E-state index in [0.29, 0.717) is 4.88 Å². The molecule has 1 aromatic carbocycles. The molecule has 0 fully saturated rings. The first-order valence-electron chi connectivity index (χ1n) is 5.25. The van der Waals surface area contributed by atoms with Gasteiger partial charge < -0.3 is 5.11 Å². The van der Waals surface area contributed by atoms with Gasteiger partial charge in [-0.2, -0.15) is 0 Å². The summed E-state index contributed by atoms with van der Waals surface area (Å²) in [6.07, 6.45) is 0. The van der Waals surface area contributed by atoms with E-state index in [9.17, 15) is 4.79 Å². The molecule has 5 heteroatoms. The second-order valence-electron chi connectivity index (χ2n) is 3.63. The first-order chi connectivity index (χ1) is 8.66. The number of rotatable bonds is 4. The van der Waals surface area contributed by atoms with Crippen molar-refractivity contribution in [2.45, 2.75) is 11.8 Å². The largest absolute Gasteiger partial charge is 0.476 e. The highest BCUT2D eigenvalue weighted by Gasteiger charge is 2.13. The quantitative estimate of drug-likeness (QED) is 0.685. The Morgan fingerprint density at radius 2 is 2.00 bits per heavy atom. The minimum Gasteiger partial charge on any atom is -0.476 e. The summed E-state index contributed by atoms with van der Waals surface area (Å²) in [7, 11) is 0. The zero-order chi connectivity index (χ0) is 13.0. The van der Waals surface area contributed by atoms with E-state index in [-0.39, 0.29) is 5.71 Å². The Hall–Kier alpha value is -1.59. The summed E-state index contributed by atoms with van der Waals surface area (Å²) in [5, 5.41) is 11.0. The zero-order valence-corrected chi connectivity index (χ0v) is 11.3. The van der Waals surface area contributed by atoms with Gasteiger partial charge in [0.15, 0.2) is 5.71 Å². The van der Waals surface area contributed by atoms with Crippen molar-refractivity contribution >= 4 is 35.0 Å². The van der Waals surface area contributed by atoms with Crippen molar-refractivity contribution in [1.29, 1.82) is 0 Å². The second kappa shape index (κ2) is 5.84. The highest BCUT2D eigenvalue weighted by Crippen LogP contribution is 2.22. The number of carbonyl (C=O) groups is 1. The summed E-state index contributed by atoms with van der Waals surface area (Å²) in [6.45, 7) is 2.01. The minimum atomic E-state index is -1.00. The van der Waals surface area contributed by atoms with Gasteiger partial charge >= 0.3 is 5.97 Å². The average Bonchev–Trinajstić information content (AvgIpc) is 2.85. The first kappa shape index (κ1) is 12.9. The summed E-state index contributed by atoms with van der Waals surface area (Å²) >= 11 is 2.55. The number of thiophene rings is 1. The van der Waals surface area contributed by atoms with E-state index in [2.05, 4.69) is 4.40 Å². The van der Waals surface area contributed by atoms with Crippen LogP contribution in [0.2, 0.25) is 0 Å². The van der Waals surface area contributed by atoms with Crippen molar-refractivity contribution in [2.75, 3.05) is 0 Å². The molecule has 0 aliphatic heterocycles. The maximum Gasteiger partial charge on any atom is 0.356 e. The maximum absolute atomic E-state index is 11.1. The van der Waals surface area contributed by atoms with E-state index in [1.807, 2.05) is 42.6 Å². The molecule has 0 saturated heterocycles. The Morgan fingerprint density at radius 1 is 1.28 bits per heavy atom. The average molecular weight is 277 g/mol. The third kappa shape index (κ3) is 3.21. The molecule has 2 aromatic rings. The molecule has 18 heavy (non-hydrogen) atoms. The van der Waals surface area contributed by atoms with Crippen LogP contribution in [0, 0.1) is 6.92 Å². The number of aliphatic carboxylic acids is 1. The summed E-state index contributed by atoms with van der Waals surface area (Å²) in [6, 6.07) is 11.4. The van der Waals surface area contributed by atoms with Crippen LogP contribution in [-0.4, -0.2) is 16.8 Å². The van der Waals surface area contributed by atoms with Crippen molar-refractivity contribution in [3.05, 3.63) is 52.2 Å². The van der Waals surface area contributed by atoms with Gasteiger partial charge in [0, 0.05) is 16.8 Å². The smallest absolute Gasteiger partial charge is 0.356 e. The molecule has 2 rings (SSSR count). The summed E-state index contributed by atoms with van der Waals surface area (Å²) < 4.78 is 4.11. The fourth-order valence-electron chi connectivity index (χ4n) is 1.30. The molecule has 1 N–H and O–H groups in total. The van der Waals surface area contributed by atoms with Crippen molar-refractivity contribution in [3.8, 4) is 0 Å². The third-order valence-corrected chi connectivity index (χ3v) is 3.85. The number of benzene rings is 1. The molecule has 1 aromatic heterocycles. The Morgan fingerprint density at radius 3 is 2.56 bits per heavy atom. The normalized spacial score (nSPS) is 11.5. The number of nitrogens with zero attached hydrogens (tertiary/aromatic N) is 1. The summed E-state index contributed by atoms with van der Waals surface area (Å²) in [4.78, 5) is 12.7. The molecule has 0 aliphatic carbocycles. The SMILES string of the molecule is Cc1ccc(S/N=C(/C(=O)O)c2cccs2)cc1. The topological polar surface area (TPSA) is 49.7 Å². The van der Waals surface area contributed by atoms with Crippen molar-refractivity contribution in [1.82, 2.24) is 0 Å². The van der Waals surface area contributed by atoms with Gasteiger partial charge in [-0.25, -0.2) is 9.19 Å². The van der Waals surface area contributed by atoms with Crippen molar-refractivity contribution in [2.24, 2.45) is 4.40 Å². The molecule has 0 spiro atoms. The molecule has 0 saturated carbocycles. The van der Waals surface area contributed by atoms with E-state index < -0.39 is 5.97 Å². The lowest BCUT2D eigenvalue weighted by molar-refractivity contribution is -0.129. The standard InChI is InChI=1S/C13H11NO2S2/c1-9-4-6-10(7-5-9)18-14-12(13(15)16)11-3-2-8-17-11/h2-8H,1H3,(H,15,16)/b14-12+. The molecule has 0 bridgehead atoms. The van der Waals surface area contributed by atoms with Crippen LogP contribution >= 0.6 is 23.3 Å². The molecule has 0 amide bonds. The van der Waals surface area contributed by atoms with E-state index >= 15 is 0 Å². The van der Waals surface area contributed by atoms with Gasteiger partial charge in [-0.05, 0) is 30.5 Å². The minimum absolute atomic E-state index is 0.0931. The molecule has 0 radical (unpaired) electrons. The van der Waals surface area contributed by atoms with E-state index in [1.54, 1.807) is 6.07 Å². The Balaban J connectivity index is 2.20. The lowest BCUT2D eigenvalue weighted by atomic mass is 10.2. The third-order valence-electron chi connectivity index (χ3n) is 2.22. The van der Waals surface area contributed by atoms with Gasteiger partial charge in [-0.15, -0.1) is 11.3 Å². The maximum atomic E-state index is 11.1. The van der Waals surface area contributed by atoms with Crippen molar-refractivity contribution in [3.63, 3.8) is 0 Å². The second-order valence-corrected chi connectivity index (χ2v) is 5.41. The molecule has 3 nitrogen and oxygen atoms in total. The number of carboxylic acids is 1. The molecule has 0 unspecified atom stereocenters. The van der Waals surface area contributed by atoms with Crippen molar-refractivity contribution < 1.29 is 9.90 Å². The van der Waals surface area contributed by atoms with Gasteiger partial charge in [0.05, 0.1) is 4.88 Å². The highest BCUT2D eigenvalue weighted by atomic mass is 32.2. The molecular weight excluding hydrogens is 266 g/mol. The number of aryl methyl sites for hydroxylation is 1. The van der Waals surface area contributed by atoms with Gasteiger partial charge in [-0.1, -0.05) is 23.8 Å². The van der Waals surface area contributed by atoms with Gasteiger partial charge in [0.25, 0.3) is 0 Å². The van der Waals surface area contributed by atoms with Crippen LogP contribution in [0.3, 0.4) is 0 Å². The zero-order valence-electron chi connectivity index (χ0n) is 9.66. The van der Waals surface area contributed by atoms with Crippen LogP contribution in [0.1, 0.15) is 10.4 Å². The van der Waals surface area contributed by atoms with Gasteiger partial charge in [0.1, 0.15) is 0 Å². The molecule has 1 heterocycles. The molecule has 92 valence electrons. The predicted molar refractivity (Wildman–Crippen MR) is 75.5 cm³/mol. The summed E-state index contributed by atoms with van der Waals surface area (Å²) in [5.74, 6) is -1.00. The van der Waals surface area contributed by atoms with Crippen LogP contribution in [0.5, 0.6) is 0 Å². The molecular formula is C13H11NO2S2. The Kier molecular flexibility index (Phi) is 4.17. The van der Waals surface area contributed by atoms with E-state index in [0.717, 1.165) is 4.90 Å². The number of hydrogen-bond donors (Lipinski definition) is 1. The van der Waals surface area contributed by atoms with E-state index in [4.69, 9.17) is 5.11 Å². The Labute approximate surface area is 113 Å². The monoisotopic (exact) mass is 277 g/mol. The molecule has 0 atom stereocenters. The van der Waals surface area contributed by atoms with Gasteiger partial charge in [-0.3, -0.25) is 0 Å². The van der Waals surface area contributed by atoms with E-state index in [1.165, 1.54) is 28.8 Å². The predicted octanol–water partition coefficient (Wildman–Crippen LogP) is 3.64. The number of hydrogen-bond acceptors (Lipinski definition) is 4. The van der Waals surface area contributed by atoms with Crippen LogP contribution in [0.4, 0.5) is 0 Å². The fraction of sp³-hybridized carbons (Fsp3) is 0.0769. The van der Waals surface area contributed by atoms with Crippen LogP contribution in [0.15, 0.2) is 51.1 Å². The van der Waals surface area contributed by atoms with Crippen LogP contribution in [0.25, 0.3) is 0 Å². The van der Waals surface area contributed by atoms with Crippen LogP contribution < -0.4 is 0 Å². The Bertz CT molecular complexity index is 559. The van der Waals surface area contributed by atoms with Crippen LogP contribution in [-0.2, 0) is 4.79 Å². The highest BCUT2D eigenvalue weighted by molar-refractivity contribution is 7.98. The first-order valence-corrected chi connectivity index (χ1v) is 6.91. The fourth-order valence-corrected chi connectivity index (χ4v) is 2.69. The lowest BCUT2D eigenvalue weighted by Gasteiger charge is -1.99. The van der Waals surface area contributed by atoms with Gasteiger partial charge in [0.2, 0.25) is 0 Å². The lowest BCUT2D eigenvalue weighted by Crippen LogP contribution is -2.12. The number of carboxylic acid groups (broad SMARTS) is 1.